The van der Waals surface area contributed by atoms with E-state index >= 15 is 0 Å². The quantitative estimate of drug-likeness (QED) is 0.0222. The van der Waals surface area contributed by atoms with Crippen molar-refractivity contribution in [3.63, 3.8) is 0 Å². The molecule has 0 aromatic rings. The van der Waals surface area contributed by atoms with E-state index in [0.717, 1.165) is 114 Å². The summed E-state index contributed by atoms with van der Waals surface area (Å²) in [6, 6.07) is 0. The molecule has 0 rings (SSSR count). The Morgan fingerprint density at radius 3 is 0.694 bits per heavy atom. The number of phosphoric ester groups is 2. The zero-order valence-electron chi connectivity index (χ0n) is 64.3. The maximum atomic E-state index is 13.1. The first kappa shape index (κ1) is 96.1. The molecule has 0 aromatic heterocycles. The average molecular weight is 1440 g/mol. The predicted octanol–water partition coefficient (Wildman–Crippen LogP) is 23.4. The number of aliphatic hydroxyl groups excluding tert-OH is 1. The largest absolute Gasteiger partial charge is 0.472 e. The van der Waals surface area contributed by atoms with E-state index in [1.165, 1.54) is 212 Å². The summed E-state index contributed by atoms with van der Waals surface area (Å²) in [6.07, 6.45) is 56.9. The summed E-state index contributed by atoms with van der Waals surface area (Å²) in [5.74, 6) is 0.258. The highest BCUT2D eigenvalue weighted by molar-refractivity contribution is 7.47. The number of hydrogen-bond donors (Lipinski definition) is 3. The molecule has 0 amide bonds. The minimum Gasteiger partial charge on any atom is -0.462 e. The first-order valence-electron chi connectivity index (χ1n) is 40.8. The molecule has 0 aliphatic rings. The summed E-state index contributed by atoms with van der Waals surface area (Å²) in [5, 5.41) is 10.6. The van der Waals surface area contributed by atoms with Gasteiger partial charge in [0.1, 0.15) is 19.3 Å². The second kappa shape index (κ2) is 69.4. The maximum absolute atomic E-state index is 13.1. The van der Waals surface area contributed by atoms with Crippen LogP contribution in [0.3, 0.4) is 0 Å². The molecule has 0 fully saturated rings. The molecular formula is C79H154O17P2. The molecular weight excluding hydrogens is 1280 g/mol. The molecule has 5 atom stereocenters. The molecule has 0 bridgehead atoms. The van der Waals surface area contributed by atoms with Gasteiger partial charge in [-0.05, 0) is 43.4 Å². The van der Waals surface area contributed by atoms with Crippen LogP contribution in [0.4, 0.5) is 0 Å². The summed E-state index contributed by atoms with van der Waals surface area (Å²) >= 11 is 0. The van der Waals surface area contributed by atoms with Crippen molar-refractivity contribution >= 4 is 39.5 Å². The molecule has 98 heavy (non-hydrogen) atoms. The smallest absolute Gasteiger partial charge is 0.462 e. The standard InChI is InChI=1S/C79H154O17P2/c1-8-9-10-11-12-39-46-53-60-76(81)89-66-74(95-79(84)63-56-49-42-35-29-23-26-32-38-45-52-59-72(6)7)68-93-97(85,86)91-64-73(80)65-92-98(87,88)94-69-75(67-90-77(82)61-54-47-40-33-27-21-18-17-20-25-31-37-44-51-58-71(4)5)96-78(83)62-55-48-41-34-28-22-16-14-13-15-19-24-30-36-43-50-57-70(2)3/h70-75,80H,8-69H2,1-7H3,(H,85,86)(H,87,88)/t73-,74+,75+/m0/s1. The molecule has 3 N–H and O–H groups in total. The van der Waals surface area contributed by atoms with E-state index in [-0.39, 0.29) is 25.7 Å². The number of carbonyl (C=O) groups is 4. The van der Waals surface area contributed by atoms with Crippen LogP contribution in [0.25, 0.3) is 0 Å². The molecule has 0 heterocycles. The van der Waals surface area contributed by atoms with Gasteiger partial charge >= 0.3 is 39.5 Å². The zero-order valence-corrected chi connectivity index (χ0v) is 66.0. The summed E-state index contributed by atoms with van der Waals surface area (Å²) in [4.78, 5) is 72.9. The van der Waals surface area contributed by atoms with E-state index in [1.807, 2.05) is 0 Å². The molecule has 0 radical (unpaired) electrons. The van der Waals surface area contributed by atoms with Crippen LogP contribution in [0.2, 0.25) is 0 Å². The van der Waals surface area contributed by atoms with Crippen LogP contribution < -0.4 is 0 Å². The normalized spacial score (nSPS) is 14.0. The Morgan fingerprint density at radius 1 is 0.276 bits per heavy atom. The molecule has 0 spiro atoms. The monoisotopic (exact) mass is 1440 g/mol. The third-order valence-electron chi connectivity index (χ3n) is 18.4. The van der Waals surface area contributed by atoms with Crippen LogP contribution in [0, 0.1) is 17.8 Å². The minimum absolute atomic E-state index is 0.106. The predicted molar refractivity (Wildman–Crippen MR) is 400 cm³/mol. The van der Waals surface area contributed by atoms with Gasteiger partial charge in [-0.2, -0.15) is 0 Å². The lowest BCUT2D eigenvalue weighted by Crippen LogP contribution is -2.30. The second-order valence-electron chi connectivity index (χ2n) is 29.9. The van der Waals surface area contributed by atoms with Crippen molar-refractivity contribution in [1.82, 2.24) is 0 Å². The number of rotatable bonds is 77. The lowest BCUT2D eigenvalue weighted by Gasteiger charge is -2.21. The van der Waals surface area contributed by atoms with Crippen LogP contribution in [0.5, 0.6) is 0 Å². The molecule has 582 valence electrons. The van der Waals surface area contributed by atoms with Gasteiger partial charge in [0.2, 0.25) is 0 Å². The summed E-state index contributed by atoms with van der Waals surface area (Å²) in [7, 11) is -9.91. The van der Waals surface area contributed by atoms with Gasteiger partial charge in [0.25, 0.3) is 0 Å². The van der Waals surface area contributed by atoms with Gasteiger partial charge in [0.05, 0.1) is 26.4 Å². The Labute approximate surface area is 600 Å². The number of carbonyl (C=O) groups excluding carboxylic acids is 4. The molecule has 0 aromatic carbocycles. The number of ether oxygens (including phenoxy) is 4. The van der Waals surface area contributed by atoms with E-state index in [4.69, 9.17) is 37.0 Å². The Bertz CT molecular complexity index is 1900. The fraction of sp³-hybridized carbons (Fsp3) is 0.949. The second-order valence-corrected chi connectivity index (χ2v) is 32.8. The molecule has 2 unspecified atom stereocenters. The van der Waals surface area contributed by atoms with Crippen molar-refractivity contribution in [2.45, 2.75) is 426 Å². The van der Waals surface area contributed by atoms with Gasteiger partial charge < -0.3 is 33.8 Å². The van der Waals surface area contributed by atoms with Crippen molar-refractivity contribution in [3.8, 4) is 0 Å². The molecule has 0 saturated heterocycles. The van der Waals surface area contributed by atoms with Crippen molar-refractivity contribution in [1.29, 1.82) is 0 Å². The van der Waals surface area contributed by atoms with E-state index in [1.54, 1.807) is 0 Å². The Hall–Kier alpha value is -1.94. The highest BCUT2D eigenvalue weighted by atomic mass is 31.2. The Morgan fingerprint density at radius 2 is 0.469 bits per heavy atom. The average Bonchev–Trinajstić information content (AvgIpc) is 1.24. The van der Waals surface area contributed by atoms with Gasteiger partial charge in [-0.3, -0.25) is 37.3 Å². The highest BCUT2D eigenvalue weighted by Crippen LogP contribution is 2.45. The summed E-state index contributed by atoms with van der Waals surface area (Å²) in [5.41, 5.74) is 0. The number of esters is 4. The van der Waals surface area contributed by atoms with Crippen LogP contribution in [0.15, 0.2) is 0 Å². The molecule has 0 aliphatic heterocycles. The topological polar surface area (TPSA) is 237 Å². The van der Waals surface area contributed by atoms with Crippen molar-refractivity contribution < 1.29 is 80.2 Å². The van der Waals surface area contributed by atoms with E-state index in [0.29, 0.717) is 25.7 Å². The van der Waals surface area contributed by atoms with Crippen molar-refractivity contribution in [2.75, 3.05) is 39.6 Å². The fourth-order valence-corrected chi connectivity index (χ4v) is 13.7. The van der Waals surface area contributed by atoms with E-state index in [2.05, 4.69) is 48.5 Å². The van der Waals surface area contributed by atoms with Crippen LogP contribution in [0.1, 0.15) is 408 Å². The molecule has 19 heteroatoms. The summed E-state index contributed by atoms with van der Waals surface area (Å²) in [6.45, 7) is 12.0. The van der Waals surface area contributed by atoms with Gasteiger partial charge in [-0.25, -0.2) is 9.13 Å². The SMILES string of the molecule is CCCCCCCCCCC(=O)OC[C@H](COP(=O)(O)OC[C@H](O)COP(=O)(O)OC[C@@H](COC(=O)CCCCCCCCCCCCCCCCC(C)C)OC(=O)CCCCCCCCCCCCCCCCCCC(C)C)OC(=O)CCCCCCCCCCCCCC(C)C. The summed E-state index contributed by atoms with van der Waals surface area (Å²) < 4.78 is 68.6. The fourth-order valence-electron chi connectivity index (χ4n) is 12.1. The third-order valence-corrected chi connectivity index (χ3v) is 20.3. The van der Waals surface area contributed by atoms with Crippen LogP contribution in [-0.4, -0.2) is 96.7 Å². The Balaban J connectivity index is 5.21. The zero-order chi connectivity index (χ0) is 72.3. The first-order valence-corrected chi connectivity index (χ1v) is 43.8. The van der Waals surface area contributed by atoms with E-state index in [9.17, 15) is 43.2 Å². The Kier molecular flexibility index (Phi) is 68.1. The van der Waals surface area contributed by atoms with Crippen molar-refractivity contribution in [2.24, 2.45) is 17.8 Å². The van der Waals surface area contributed by atoms with Gasteiger partial charge in [-0.1, -0.05) is 357 Å². The van der Waals surface area contributed by atoms with Gasteiger partial charge in [-0.15, -0.1) is 0 Å². The maximum Gasteiger partial charge on any atom is 0.472 e. The van der Waals surface area contributed by atoms with Gasteiger partial charge in [0, 0.05) is 25.7 Å². The molecule has 0 aliphatic carbocycles. The molecule has 17 nitrogen and oxygen atoms in total. The van der Waals surface area contributed by atoms with Crippen molar-refractivity contribution in [3.05, 3.63) is 0 Å². The van der Waals surface area contributed by atoms with Crippen LogP contribution >= 0.6 is 15.6 Å². The highest BCUT2D eigenvalue weighted by Gasteiger charge is 2.30. The number of hydrogen-bond acceptors (Lipinski definition) is 15. The third kappa shape index (κ3) is 72.4. The van der Waals surface area contributed by atoms with Crippen LogP contribution in [-0.2, 0) is 65.4 Å². The lowest BCUT2D eigenvalue weighted by atomic mass is 10.0. The van der Waals surface area contributed by atoms with E-state index < -0.39 is 97.5 Å². The number of aliphatic hydroxyl groups is 1. The lowest BCUT2D eigenvalue weighted by molar-refractivity contribution is -0.161. The van der Waals surface area contributed by atoms with Gasteiger partial charge in [0.15, 0.2) is 12.2 Å². The number of phosphoric acid groups is 2. The molecule has 0 saturated carbocycles. The first-order chi connectivity index (χ1) is 47.2. The minimum atomic E-state index is -4.96. The number of unbranched alkanes of at least 4 members (excludes halogenated alkanes) is 45.